The lowest BCUT2D eigenvalue weighted by molar-refractivity contribution is -0.136. The highest BCUT2D eigenvalue weighted by Gasteiger charge is 2.63. The van der Waals surface area contributed by atoms with Gasteiger partial charge in [0.25, 0.3) is 0 Å². The number of hydrogen-bond acceptors (Lipinski definition) is 10. The molecule has 1 N–H and O–H groups in total. The summed E-state index contributed by atoms with van der Waals surface area (Å²) in [6.07, 6.45) is 0.271. The first-order valence-electron chi connectivity index (χ1n) is 12.8. The summed E-state index contributed by atoms with van der Waals surface area (Å²) < 4.78 is 33.2. The van der Waals surface area contributed by atoms with Gasteiger partial charge in [0.05, 0.1) is 41.1 Å². The van der Waals surface area contributed by atoms with E-state index in [2.05, 4.69) is 5.32 Å². The molecular weight excluding hydrogens is 554 g/mol. The normalized spacial score (nSPS) is 23.0. The molecule has 1 spiro atoms. The molecule has 0 aromatic heterocycles. The fraction of sp³-hybridized carbons (Fsp3) is 0.367. The molecule has 10 nitrogen and oxygen atoms in total. The van der Waals surface area contributed by atoms with Crippen LogP contribution in [0.5, 0.6) is 28.7 Å². The first-order valence-corrected chi connectivity index (χ1v) is 13.2. The van der Waals surface area contributed by atoms with Crippen LogP contribution in [0.15, 0.2) is 46.8 Å². The van der Waals surface area contributed by atoms with E-state index in [0.717, 1.165) is 0 Å². The number of methoxy groups -OCH3 is 5. The Morgan fingerprint density at radius 1 is 0.951 bits per heavy atom. The summed E-state index contributed by atoms with van der Waals surface area (Å²) in [5.41, 5.74) is 0.224. The number of hydrogen-bond donors (Lipinski definition) is 1. The van der Waals surface area contributed by atoms with Gasteiger partial charge in [0.2, 0.25) is 17.2 Å². The lowest BCUT2D eigenvalue weighted by Crippen LogP contribution is -2.58. The van der Waals surface area contributed by atoms with Crippen molar-refractivity contribution in [2.75, 3.05) is 35.5 Å². The molecule has 0 saturated carbocycles. The Labute approximate surface area is 242 Å². The highest BCUT2D eigenvalue weighted by molar-refractivity contribution is 6.36. The molecular formula is C30H30ClNO9. The number of halogens is 1. The summed E-state index contributed by atoms with van der Waals surface area (Å²) >= 11 is 6.59. The predicted molar refractivity (Wildman–Crippen MR) is 148 cm³/mol. The van der Waals surface area contributed by atoms with Crippen molar-refractivity contribution in [2.45, 2.75) is 31.8 Å². The molecule has 0 saturated heterocycles. The maximum absolute atomic E-state index is 14.8. The van der Waals surface area contributed by atoms with Gasteiger partial charge in [-0.15, -0.1) is 0 Å². The summed E-state index contributed by atoms with van der Waals surface area (Å²) in [6.45, 7) is 3.51. The molecule has 41 heavy (non-hydrogen) atoms. The average Bonchev–Trinajstić information content (AvgIpc) is 3.29. The lowest BCUT2D eigenvalue weighted by Gasteiger charge is -2.42. The summed E-state index contributed by atoms with van der Waals surface area (Å²) in [5, 5.41) is 3.29. The molecule has 0 bridgehead atoms. The highest BCUT2D eigenvalue weighted by Crippen LogP contribution is 2.56. The third-order valence-corrected chi connectivity index (χ3v) is 8.35. The number of rotatable bonds is 6. The molecule has 0 amide bonds. The van der Waals surface area contributed by atoms with E-state index in [1.807, 2.05) is 0 Å². The van der Waals surface area contributed by atoms with E-state index < -0.39 is 35.0 Å². The van der Waals surface area contributed by atoms with Crippen LogP contribution in [0.3, 0.4) is 0 Å². The van der Waals surface area contributed by atoms with Gasteiger partial charge >= 0.3 is 5.97 Å². The third kappa shape index (κ3) is 3.95. The average molecular weight is 584 g/mol. The predicted octanol–water partition coefficient (Wildman–Crippen LogP) is 4.39. The number of carbonyl (C=O) groups excluding carboxylic acids is 3. The minimum atomic E-state index is -1.95. The van der Waals surface area contributed by atoms with E-state index in [1.165, 1.54) is 41.6 Å². The number of dihydropyridines is 1. The Balaban J connectivity index is 1.73. The van der Waals surface area contributed by atoms with Crippen molar-refractivity contribution < 1.29 is 42.8 Å². The van der Waals surface area contributed by atoms with Crippen molar-refractivity contribution in [3.05, 3.63) is 63.0 Å². The smallest absolute Gasteiger partial charge is 0.336 e. The minimum Gasteiger partial charge on any atom is -0.496 e. The molecule has 11 heteroatoms. The highest BCUT2D eigenvalue weighted by atomic mass is 35.5. The van der Waals surface area contributed by atoms with Gasteiger partial charge in [-0.3, -0.25) is 9.59 Å². The molecule has 3 atom stereocenters. The van der Waals surface area contributed by atoms with Gasteiger partial charge in [-0.05, 0) is 31.0 Å². The zero-order chi connectivity index (χ0) is 29.8. The quantitative estimate of drug-likeness (QED) is 0.387. The zero-order valence-electron chi connectivity index (χ0n) is 23.7. The van der Waals surface area contributed by atoms with Gasteiger partial charge in [-0.25, -0.2) is 4.79 Å². The fourth-order valence-corrected chi connectivity index (χ4v) is 6.29. The van der Waals surface area contributed by atoms with Gasteiger partial charge in [0.1, 0.15) is 22.1 Å². The molecule has 2 heterocycles. The van der Waals surface area contributed by atoms with Crippen LogP contribution < -0.4 is 29.0 Å². The minimum absolute atomic E-state index is 0.0171. The number of fused-ring (bicyclic) bond motifs is 1. The molecule has 3 aliphatic rings. The SMILES string of the molecule is COC(=O)C1=C(C)NC2=C(C(=O)C3(Oc4c(Cl)c(OC)cc(OC)c4C3=O)C(C)C2)C1c1ccc(OC)c(OC)c1. The topological polar surface area (TPSA) is 119 Å². The summed E-state index contributed by atoms with van der Waals surface area (Å²) in [5.74, 6) is -2.00. The molecule has 2 aromatic carbocycles. The second kappa shape index (κ2) is 10.3. The van der Waals surface area contributed by atoms with Crippen LogP contribution in [0.25, 0.3) is 0 Å². The lowest BCUT2D eigenvalue weighted by atomic mass is 9.65. The van der Waals surface area contributed by atoms with Crippen molar-refractivity contribution in [2.24, 2.45) is 5.92 Å². The van der Waals surface area contributed by atoms with Crippen LogP contribution in [0.4, 0.5) is 0 Å². The Morgan fingerprint density at radius 3 is 2.22 bits per heavy atom. The van der Waals surface area contributed by atoms with Gasteiger partial charge < -0.3 is 33.7 Å². The molecule has 1 aliphatic carbocycles. The monoisotopic (exact) mass is 583 g/mol. The van der Waals surface area contributed by atoms with E-state index >= 15 is 0 Å². The maximum atomic E-state index is 14.8. The van der Waals surface area contributed by atoms with Crippen LogP contribution in [0.1, 0.15) is 42.1 Å². The number of ether oxygens (including phenoxy) is 6. The number of nitrogens with one attached hydrogen (secondary N) is 1. The summed E-state index contributed by atoms with van der Waals surface area (Å²) in [7, 11) is 7.11. The Morgan fingerprint density at radius 2 is 1.61 bits per heavy atom. The fourth-order valence-electron chi connectivity index (χ4n) is 6.02. The van der Waals surface area contributed by atoms with E-state index in [9.17, 15) is 14.4 Å². The first kappa shape index (κ1) is 28.4. The largest absolute Gasteiger partial charge is 0.496 e. The third-order valence-electron chi connectivity index (χ3n) is 8.00. The van der Waals surface area contributed by atoms with Crippen molar-refractivity contribution in [3.8, 4) is 28.7 Å². The zero-order valence-corrected chi connectivity index (χ0v) is 24.5. The van der Waals surface area contributed by atoms with Gasteiger partial charge in [0, 0.05) is 34.9 Å². The number of carbonyl (C=O) groups is 3. The van der Waals surface area contributed by atoms with Crippen molar-refractivity contribution in [3.63, 3.8) is 0 Å². The van der Waals surface area contributed by atoms with Crippen LogP contribution in [0.2, 0.25) is 5.02 Å². The molecule has 216 valence electrons. The van der Waals surface area contributed by atoms with Crippen LogP contribution in [0, 0.1) is 5.92 Å². The van der Waals surface area contributed by atoms with Gasteiger partial charge in [-0.2, -0.15) is 0 Å². The number of esters is 1. The van der Waals surface area contributed by atoms with E-state index in [-0.39, 0.29) is 45.4 Å². The first-order chi connectivity index (χ1) is 19.6. The summed E-state index contributed by atoms with van der Waals surface area (Å²) in [6, 6.07) is 6.62. The van der Waals surface area contributed by atoms with E-state index in [1.54, 1.807) is 32.0 Å². The Kier molecular flexibility index (Phi) is 7.15. The van der Waals surface area contributed by atoms with Crippen LogP contribution in [-0.4, -0.2) is 58.7 Å². The molecule has 2 aromatic rings. The van der Waals surface area contributed by atoms with E-state index in [0.29, 0.717) is 28.5 Å². The van der Waals surface area contributed by atoms with E-state index in [4.69, 9.17) is 40.0 Å². The second-order valence-corrected chi connectivity index (χ2v) is 10.4. The van der Waals surface area contributed by atoms with Gasteiger partial charge in [-0.1, -0.05) is 24.6 Å². The van der Waals surface area contributed by atoms with Crippen LogP contribution >= 0.6 is 11.6 Å². The number of allylic oxidation sites excluding steroid dienone is 2. The number of ketones is 2. The van der Waals surface area contributed by atoms with Gasteiger partial charge in [0.15, 0.2) is 17.2 Å². The Hall–Kier alpha value is -4.18. The molecule has 2 aliphatic heterocycles. The van der Waals surface area contributed by atoms with Crippen molar-refractivity contribution >= 4 is 29.1 Å². The molecule has 5 rings (SSSR count). The Bertz CT molecular complexity index is 1560. The molecule has 3 unspecified atom stereocenters. The maximum Gasteiger partial charge on any atom is 0.336 e. The second-order valence-electron chi connectivity index (χ2n) is 10.00. The van der Waals surface area contributed by atoms with Crippen molar-refractivity contribution in [1.29, 1.82) is 0 Å². The summed E-state index contributed by atoms with van der Waals surface area (Å²) in [4.78, 5) is 42.2. The van der Waals surface area contributed by atoms with Crippen LogP contribution in [-0.2, 0) is 14.3 Å². The molecule has 0 radical (unpaired) electrons. The standard InChI is InChI=1S/C30H30ClNO9/c1-13-10-16-23(27(33)30(13)28(34)24-19(38-5)12-20(39-6)25(31)26(24)41-30)22(21(14(2)32-16)29(35)40-7)15-8-9-17(36-3)18(11-15)37-4/h8-9,11-13,22,32H,10H2,1-7H3. The van der Waals surface area contributed by atoms with Crippen molar-refractivity contribution in [1.82, 2.24) is 5.32 Å². The molecule has 0 fully saturated rings. The number of benzene rings is 2. The number of Topliss-reactive ketones (excluding diaryl/α,β-unsaturated/α-hetero) is 2.